The summed E-state index contributed by atoms with van der Waals surface area (Å²) < 4.78 is 28.8. The van der Waals surface area contributed by atoms with Gasteiger partial charge in [0.05, 0.1) is 10.2 Å². The Hall–Kier alpha value is -0.590. The lowest BCUT2D eigenvalue weighted by molar-refractivity contribution is 0.331. The van der Waals surface area contributed by atoms with Crippen LogP contribution in [0.15, 0.2) is 22.7 Å². The molecule has 1 N–H and O–H groups in total. The fourth-order valence-electron chi connectivity index (χ4n) is 1.51. The van der Waals surface area contributed by atoms with E-state index in [9.17, 15) is 8.42 Å². The van der Waals surface area contributed by atoms with E-state index in [1.54, 1.807) is 0 Å². The van der Waals surface area contributed by atoms with Gasteiger partial charge in [0.15, 0.2) is 9.84 Å². The molecule has 0 atom stereocenters. The Morgan fingerprint density at radius 1 is 1.30 bits per heavy atom. The minimum absolute atomic E-state index is 0.00630. The summed E-state index contributed by atoms with van der Waals surface area (Å²) >= 11 is 3.45. The molecule has 0 spiro atoms. The Balaban J connectivity index is 2.78. The number of hydrogen-bond donors (Lipinski definition) is 1. The molecule has 1 rings (SSSR count). The molecule has 0 aromatic heterocycles. The third kappa shape index (κ3) is 6.72. The van der Waals surface area contributed by atoms with Crippen molar-refractivity contribution in [1.29, 1.82) is 0 Å². The first-order valence-corrected chi connectivity index (χ1v) is 9.27. The molecular weight excluding hydrogens is 342 g/mol. The first-order valence-electron chi connectivity index (χ1n) is 6.41. The maximum atomic E-state index is 11.1. The standard InChI is InChI=1S/C14H22BrNO3S/c1-14(2,3)16-10-11-6-5-7-12(15)13(11)19-8-9-20(4,17)18/h5-7,16H,8-10H2,1-4H3. The highest BCUT2D eigenvalue weighted by Gasteiger charge is 2.13. The van der Waals surface area contributed by atoms with Gasteiger partial charge in [0, 0.05) is 23.9 Å². The number of nitrogens with one attached hydrogen (secondary N) is 1. The fourth-order valence-corrected chi connectivity index (χ4v) is 2.42. The van der Waals surface area contributed by atoms with Gasteiger partial charge in [-0.1, -0.05) is 12.1 Å². The number of ether oxygens (including phenoxy) is 1. The van der Waals surface area contributed by atoms with Gasteiger partial charge in [-0.05, 0) is 42.8 Å². The Morgan fingerprint density at radius 3 is 2.50 bits per heavy atom. The average molecular weight is 364 g/mol. The molecule has 0 saturated carbocycles. The highest BCUT2D eigenvalue weighted by molar-refractivity contribution is 9.10. The molecule has 1 aromatic rings. The van der Waals surface area contributed by atoms with Crippen LogP contribution in [0.2, 0.25) is 0 Å². The van der Waals surface area contributed by atoms with Gasteiger partial charge in [0.2, 0.25) is 0 Å². The van der Waals surface area contributed by atoms with Gasteiger partial charge in [-0.15, -0.1) is 0 Å². The van der Waals surface area contributed by atoms with Gasteiger partial charge in [0.1, 0.15) is 12.4 Å². The monoisotopic (exact) mass is 363 g/mol. The Kier molecular flexibility index (Phi) is 6.04. The lowest BCUT2D eigenvalue weighted by atomic mass is 10.1. The summed E-state index contributed by atoms with van der Waals surface area (Å²) in [6.07, 6.45) is 1.21. The molecule has 4 nitrogen and oxygen atoms in total. The first kappa shape index (κ1) is 17.5. The van der Waals surface area contributed by atoms with E-state index >= 15 is 0 Å². The molecule has 0 amide bonds. The van der Waals surface area contributed by atoms with Crippen LogP contribution >= 0.6 is 15.9 Å². The summed E-state index contributed by atoms with van der Waals surface area (Å²) in [5.74, 6) is 0.716. The third-order valence-electron chi connectivity index (χ3n) is 2.56. The van der Waals surface area contributed by atoms with E-state index in [-0.39, 0.29) is 17.9 Å². The van der Waals surface area contributed by atoms with Gasteiger partial charge in [-0.2, -0.15) is 0 Å². The second kappa shape index (κ2) is 6.91. The van der Waals surface area contributed by atoms with Gasteiger partial charge < -0.3 is 10.1 Å². The Bertz CT molecular complexity index is 550. The van der Waals surface area contributed by atoms with Crippen LogP contribution in [-0.4, -0.2) is 32.6 Å². The molecule has 0 aliphatic carbocycles. The molecule has 0 aliphatic heterocycles. The van der Waals surface area contributed by atoms with Crippen molar-refractivity contribution in [2.24, 2.45) is 0 Å². The lowest BCUT2D eigenvalue weighted by Gasteiger charge is -2.22. The molecule has 0 bridgehead atoms. The maximum Gasteiger partial charge on any atom is 0.150 e. The number of rotatable bonds is 6. The zero-order chi connectivity index (χ0) is 15.4. The normalized spacial score (nSPS) is 12.4. The summed E-state index contributed by atoms with van der Waals surface area (Å²) in [5.41, 5.74) is 1.01. The van der Waals surface area contributed by atoms with Crippen molar-refractivity contribution in [3.8, 4) is 5.75 Å². The maximum absolute atomic E-state index is 11.1. The highest BCUT2D eigenvalue weighted by Crippen LogP contribution is 2.29. The van der Waals surface area contributed by atoms with Gasteiger partial charge in [-0.25, -0.2) is 8.42 Å². The van der Waals surface area contributed by atoms with Crippen molar-refractivity contribution >= 4 is 25.8 Å². The second-order valence-electron chi connectivity index (χ2n) is 5.81. The molecule has 0 radical (unpaired) electrons. The minimum Gasteiger partial charge on any atom is -0.491 e. The molecule has 114 valence electrons. The lowest BCUT2D eigenvalue weighted by Crippen LogP contribution is -2.35. The third-order valence-corrected chi connectivity index (χ3v) is 4.09. The molecule has 0 aliphatic rings. The van der Waals surface area contributed by atoms with Crippen LogP contribution in [0.5, 0.6) is 5.75 Å². The van der Waals surface area contributed by atoms with Crippen molar-refractivity contribution in [2.45, 2.75) is 32.9 Å². The highest BCUT2D eigenvalue weighted by atomic mass is 79.9. The summed E-state index contributed by atoms with van der Waals surface area (Å²) in [4.78, 5) is 0. The molecule has 20 heavy (non-hydrogen) atoms. The molecule has 0 heterocycles. The van der Waals surface area contributed by atoms with Gasteiger partial charge in [0.25, 0.3) is 0 Å². The Morgan fingerprint density at radius 2 is 1.95 bits per heavy atom. The number of hydrogen-bond acceptors (Lipinski definition) is 4. The predicted octanol–water partition coefficient (Wildman–Crippen LogP) is 2.76. The molecule has 0 saturated heterocycles. The molecular formula is C14H22BrNO3S. The zero-order valence-electron chi connectivity index (χ0n) is 12.4. The number of benzene rings is 1. The summed E-state index contributed by atoms with van der Waals surface area (Å²) in [5, 5.41) is 3.39. The van der Waals surface area contributed by atoms with Crippen LogP contribution in [0.4, 0.5) is 0 Å². The van der Waals surface area contributed by atoms with E-state index in [0.29, 0.717) is 12.3 Å². The number of sulfone groups is 1. The van der Waals surface area contributed by atoms with Crippen LogP contribution in [0.3, 0.4) is 0 Å². The Labute approximate surface area is 130 Å². The van der Waals surface area contributed by atoms with Crippen LogP contribution in [0.25, 0.3) is 0 Å². The second-order valence-corrected chi connectivity index (χ2v) is 8.92. The summed E-state index contributed by atoms with van der Waals surface area (Å²) in [6, 6.07) is 5.79. The van der Waals surface area contributed by atoms with Crippen LogP contribution in [0.1, 0.15) is 26.3 Å². The average Bonchev–Trinajstić information content (AvgIpc) is 2.26. The van der Waals surface area contributed by atoms with E-state index in [0.717, 1.165) is 10.0 Å². The van der Waals surface area contributed by atoms with E-state index in [1.807, 2.05) is 18.2 Å². The minimum atomic E-state index is -3.01. The number of para-hydroxylation sites is 1. The van der Waals surface area contributed by atoms with Crippen LogP contribution in [-0.2, 0) is 16.4 Å². The smallest absolute Gasteiger partial charge is 0.150 e. The predicted molar refractivity (Wildman–Crippen MR) is 85.9 cm³/mol. The van der Waals surface area contributed by atoms with E-state index in [2.05, 4.69) is 42.0 Å². The van der Waals surface area contributed by atoms with Crippen LogP contribution in [0, 0.1) is 0 Å². The van der Waals surface area contributed by atoms with Crippen molar-refractivity contribution < 1.29 is 13.2 Å². The van der Waals surface area contributed by atoms with Crippen molar-refractivity contribution in [1.82, 2.24) is 5.32 Å². The van der Waals surface area contributed by atoms with E-state index in [4.69, 9.17) is 4.74 Å². The van der Waals surface area contributed by atoms with E-state index < -0.39 is 9.84 Å². The molecule has 1 aromatic carbocycles. The molecule has 6 heteroatoms. The number of halogens is 1. The summed E-state index contributed by atoms with van der Waals surface area (Å²) in [7, 11) is -3.01. The SMILES string of the molecule is CC(C)(C)NCc1cccc(Br)c1OCCS(C)(=O)=O. The van der Waals surface area contributed by atoms with E-state index in [1.165, 1.54) is 6.26 Å². The summed E-state index contributed by atoms with van der Waals surface area (Å²) in [6.45, 7) is 7.10. The zero-order valence-corrected chi connectivity index (χ0v) is 14.8. The topological polar surface area (TPSA) is 55.4 Å². The quantitative estimate of drug-likeness (QED) is 0.844. The molecule has 0 fully saturated rings. The van der Waals surface area contributed by atoms with Crippen LogP contribution < -0.4 is 10.1 Å². The molecule has 0 unspecified atom stereocenters. The first-order chi connectivity index (χ1) is 9.08. The van der Waals surface area contributed by atoms with Crippen molar-refractivity contribution in [3.63, 3.8) is 0 Å². The van der Waals surface area contributed by atoms with Gasteiger partial charge >= 0.3 is 0 Å². The largest absolute Gasteiger partial charge is 0.491 e. The van der Waals surface area contributed by atoms with Gasteiger partial charge in [-0.3, -0.25) is 0 Å². The van der Waals surface area contributed by atoms with Crippen molar-refractivity contribution in [2.75, 3.05) is 18.6 Å². The van der Waals surface area contributed by atoms with Crippen molar-refractivity contribution in [3.05, 3.63) is 28.2 Å². The fraction of sp³-hybridized carbons (Fsp3) is 0.571.